The van der Waals surface area contributed by atoms with Crippen molar-refractivity contribution in [3.63, 3.8) is 0 Å². The molecule has 1 aromatic rings. The van der Waals surface area contributed by atoms with Gasteiger partial charge in [0.05, 0.1) is 6.54 Å². The molecule has 6 heteroatoms. The molecule has 0 unspecified atom stereocenters. The maximum Gasteiger partial charge on any atom is 0.322 e. The zero-order valence-electron chi connectivity index (χ0n) is 9.07. The zero-order valence-corrected chi connectivity index (χ0v) is 9.07. The van der Waals surface area contributed by atoms with Gasteiger partial charge < -0.3 is 15.7 Å². The van der Waals surface area contributed by atoms with Crippen LogP contribution in [-0.2, 0) is 16.1 Å². The topological polar surface area (TPSA) is 78.4 Å². The first kappa shape index (κ1) is 13.1. The number of hydrogen-bond acceptors (Lipinski definition) is 3. The van der Waals surface area contributed by atoms with Crippen LogP contribution >= 0.6 is 0 Å². The number of benzene rings is 1. The molecule has 0 spiro atoms. The van der Waals surface area contributed by atoms with Crippen LogP contribution in [0.4, 0.5) is 4.39 Å². The molecule has 0 aliphatic heterocycles. The van der Waals surface area contributed by atoms with Gasteiger partial charge in [0, 0.05) is 6.54 Å². The minimum atomic E-state index is -1.09. The number of halogens is 1. The van der Waals surface area contributed by atoms with Gasteiger partial charge in [0.2, 0.25) is 5.91 Å². The summed E-state index contributed by atoms with van der Waals surface area (Å²) in [7, 11) is 0. The number of carboxylic acids is 1. The highest BCUT2D eigenvalue weighted by molar-refractivity contribution is 5.82. The van der Waals surface area contributed by atoms with Crippen LogP contribution in [0, 0.1) is 5.82 Å². The zero-order chi connectivity index (χ0) is 12.7. The Kier molecular flexibility index (Phi) is 5.09. The predicted molar refractivity (Wildman–Crippen MR) is 58.8 cm³/mol. The van der Waals surface area contributed by atoms with E-state index in [-0.39, 0.29) is 12.4 Å². The highest BCUT2D eigenvalue weighted by atomic mass is 19.1. The van der Waals surface area contributed by atoms with Gasteiger partial charge in [-0.1, -0.05) is 12.1 Å². The van der Waals surface area contributed by atoms with E-state index in [1.165, 1.54) is 12.1 Å². The van der Waals surface area contributed by atoms with Crippen LogP contribution in [0.3, 0.4) is 0 Å². The number of nitrogens with one attached hydrogen (secondary N) is 2. The second kappa shape index (κ2) is 6.59. The van der Waals surface area contributed by atoms with Crippen molar-refractivity contribution in [2.24, 2.45) is 0 Å². The lowest BCUT2D eigenvalue weighted by molar-refractivity contribution is -0.137. The molecule has 0 aromatic heterocycles. The van der Waals surface area contributed by atoms with Crippen molar-refractivity contribution in [1.29, 1.82) is 0 Å². The van der Waals surface area contributed by atoms with E-state index in [4.69, 9.17) is 5.11 Å². The molecule has 0 atom stereocenters. The van der Waals surface area contributed by atoms with Crippen molar-refractivity contribution in [3.8, 4) is 0 Å². The van der Waals surface area contributed by atoms with Gasteiger partial charge in [0.15, 0.2) is 0 Å². The maximum atomic E-state index is 12.6. The van der Waals surface area contributed by atoms with Crippen LogP contribution in [0.15, 0.2) is 24.3 Å². The number of amides is 1. The summed E-state index contributed by atoms with van der Waals surface area (Å²) in [6, 6.07) is 5.89. The number of aliphatic carboxylic acids is 1. The van der Waals surface area contributed by atoms with Gasteiger partial charge in [0.25, 0.3) is 0 Å². The molecule has 0 heterocycles. The molecular weight excluding hydrogens is 227 g/mol. The summed E-state index contributed by atoms with van der Waals surface area (Å²) in [5, 5.41) is 13.4. The Bertz CT molecular complexity index is 392. The Hall–Kier alpha value is -1.95. The second-order valence-corrected chi connectivity index (χ2v) is 3.40. The molecule has 0 aliphatic rings. The highest BCUT2D eigenvalue weighted by Crippen LogP contribution is 2.01. The molecule has 0 saturated heterocycles. The Labute approximate surface area is 97.6 Å². The summed E-state index contributed by atoms with van der Waals surface area (Å²) in [6.45, 7) is 0.0441. The Morgan fingerprint density at radius 1 is 1.18 bits per heavy atom. The number of hydrogen-bond donors (Lipinski definition) is 3. The summed E-state index contributed by atoms with van der Waals surface area (Å²) < 4.78 is 12.6. The minimum absolute atomic E-state index is 0.0185. The number of carbonyl (C=O) groups excluding carboxylic acids is 1. The van der Waals surface area contributed by atoms with Crippen molar-refractivity contribution >= 4 is 11.9 Å². The van der Waals surface area contributed by atoms with E-state index in [0.29, 0.717) is 6.54 Å². The first-order valence-corrected chi connectivity index (χ1v) is 5.01. The van der Waals surface area contributed by atoms with Crippen molar-refractivity contribution < 1.29 is 19.1 Å². The third-order valence-corrected chi connectivity index (χ3v) is 1.96. The monoisotopic (exact) mass is 240 g/mol. The summed E-state index contributed by atoms with van der Waals surface area (Å²) in [4.78, 5) is 21.3. The van der Waals surface area contributed by atoms with Gasteiger partial charge in [-0.3, -0.25) is 9.59 Å². The standard InChI is InChI=1S/C11H13FN2O3/c12-9-3-1-8(2-4-9)5-13-6-10(15)14-7-11(16)17/h1-4,13H,5-7H2,(H,14,15)(H,16,17). The molecule has 1 rings (SSSR count). The first-order chi connectivity index (χ1) is 8.08. The summed E-state index contributed by atoms with van der Waals surface area (Å²) in [5.41, 5.74) is 0.845. The van der Waals surface area contributed by atoms with Gasteiger partial charge in [-0.2, -0.15) is 0 Å². The summed E-state index contributed by atoms with van der Waals surface area (Å²) in [6.07, 6.45) is 0. The van der Waals surface area contributed by atoms with E-state index in [2.05, 4.69) is 10.6 Å². The van der Waals surface area contributed by atoms with Crippen molar-refractivity contribution in [2.75, 3.05) is 13.1 Å². The average molecular weight is 240 g/mol. The Morgan fingerprint density at radius 3 is 2.41 bits per heavy atom. The fourth-order valence-corrected chi connectivity index (χ4v) is 1.16. The molecule has 1 aromatic carbocycles. The Morgan fingerprint density at radius 2 is 1.82 bits per heavy atom. The number of rotatable bonds is 6. The van der Waals surface area contributed by atoms with Gasteiger partial charge in [0.1, 0.15) is 12.4 Å². The molecule has 5 nitrogen and oxygen atoms in total. The normalized spacial score (nSPS) is 9.94. The average Bonchev–Trinajstić information content (AvgIpc) is 2.29. The highest BCUT2D eigenvalue weighted by Gasteiger charge is 2.02. The van der Waals surface area contributed by atoms with Gasteiger partial charge >= 0.3 is 5.97 Å². The number of carbonyl (C=O) groups is 2. The van der Waals surface area contributed by atoms with E-state index in [1.54, 1.807) is 12.1 Å². The molecule has 0 aliphatic carbocycles. The molecule has 92 valence electrons. The van der Waals surface area contributed by atoms with Gasteiger partial charge in [-0.05, 0) is 17.7 Å². The van der Waals surface area contributed by atoms with E-state index >= 15 is 0 Å². The molecule has 3 N–H and O–H groups in total. The second-order valence-electron chi connectivity index (χ2n) is 3.40. The summed E-state index contributed by atoms with van der Waals surface area (Å²) >= 11 is 0. The summed E-state index contributed by atoms with van der Waals surface area (Å²) in [5.74, 6) is -1.79. The molecule has 0 radical (unpaired) electrons. The first-order valence-electron chi connectivity index (χ1n) is 5.01. The fourth-order valence-electron chi connectivity index (χ4n) is 1.16. The smallest absolute Gasteiger partial charge is 0.322 e. The van der Waals surface area contributed by atoms with Gasteiger partial charge in [-0.15, -0.1) is 0 Å². The van der Waals surface area contributed by atoms with Crippen LogP contribution in [-0.4, -0.2) is 30.1 Å². The van der Waals surface area contributed by atoms with Gasteiger partial charge in [-0.25, -0.2) is 4.39 Å². The van der Waals surface area contributed by atoms with E-state index < -0.39 is 18.4 Å². The van der Waals surface area contributed by atoms with Crippen molar-refractivity contribution in [3.05, 3.63) is 35.6 Å². The van der Waals surface area contributed by atoms with E-state index in [0.717, 1.165) is 5.56 Å². The van der Waals surface area contributed by atoms with Crippen LogP contribution in [0.5, 0.6) is 0 Å². The molecule has 1 amide bonds. The minimum Gasteiger partial charge on any atom is -0.480 e. The lowest BCUT2D eigenvalue weighted by Crippen LogP contribution is -2.36. The SMILES string of the molecule is O=C(O)CNC(=O)CNCc1ccc(F)cc1. The molecular formula is C11H13FN2O3. The van der Waals surface area contributed by atoms with E-state index in [9.17, 15) is 14.0 Å². The number of carboxylic acid groups (broad SMARTS) is 1. The molecule has 0 fully saturated rings. The molecule has 0 saturated carbocycles. The lowest BCUT2D eigenvalue weighted by atomic mass is 10.2. The van der Waals surface area contributed by atoms with E-state index in [1.807, 2.05) is 0 Å². The third-order valence-electron chi connectivity index (χ3n) is 1.96. The largest absolute Gasteiger partial charge is 0.480 e. The Balaban J connectivity index is 2.21. The van der Waals surface area contributed by atoms with Crippen LogP contribution in [0.2, 0.25) is 0 Å². The maximum absolute atomic E-state index is 12.6. The van der Waals surface area contributed by atoms with Crippen LogP contribution in [0.1, 0.15) is 5.56 Å². The van der Waals surface area contributed by atoms with Crippen LogP contribution < -0.4 is 10.6 Å². The van der Waals surface area contributed by atoms with Crippen LogP contribution in [0.25, 0.3) is 0 Å². The lowest BCUT2D eigenvalue weighted by Gasteiger charge is -2.05. The fraction of sp³-hybridized carbons (Fsp3) is 0.273. The quantitative estimate of drug-likeness (QED) is 0.659. The third kappa shape index (κ3) is 5.62. The molecule has 17 heavy (non-hydrogen) atoms. The van der Waals surface area contributed by atoms with Crippen molar-refractivity contribution in [2.45, 2.75) is 6.54 Å². The van der Waals surface area contributed by atoms with Crippen molar-refractivity contribution in [1.82, 2.24) is 10.6 Å². The molecule has 0 bridgehead atoms. The predicted octanol–water partition coefficient (Wildman–Crippen LogP) is 0.116.